The molecule has 2 aromatic carbocycles. The van der Waals surface area contributed by atoms with Crippen LogP contribution in [0.2, 0.25) is 0 Å². The van der Waals surface area contributed by atoms with E-state index in [1.807, 2.05) is 30.3 Å². The Morgan fingerprint density at radius 3 is 2.61 bits per heavy atom. The maximum absolute atomic E-state index is 12.8. The average molecular weight is 394 g/mol. The van der Waals surface area contributed by atoms with Crippen molar-refractivity contribution in [1.29, 1.82) is 0 Å². The highest BCUT2D eigenvalue weighted by Crippen LogP contribution is 2.27. The van der Waals surface area contributed by atoms with Crippen molar-refractivity contribution in [2.75, 3.05) is 0 Å². The van der Waals surface area contributed by atoms with Gasteiger partial charge < -0.3 is 5.32 Å². The lowest BCUT2D eigenvalue weighted by atomic mass is 9.92. The third kappa shape index (κ3) is 3.22. The van der Waals surface area contributed by atoms with Gasteiger partial charge in [-0.3, -0.25) is 15.0 Å². The van der Waals surface area contributed by atoms with Gasteiger partial charge in [0.15, 0.2) is 0 Å². The fourth-order valence-corrected chi connectivity index (χ4v) is 4.10. The molecule has 3 aromatic rings. The number of aromatic nitrogens is 1. The second-order valence-corrected chi connectivity index (χ2v) is 7.79. The Bertz CT molecular complexity index is 1030. The summed E-state index contributed by atoms with van der Waals surface area (Å²) >= 11 is 1.53. The molecule has 142 valence electrons. The van der Waals surface area contributed by atoms with Crippen molar-refractivity contribution in [3.63, 3.8) is 0 Å². The Kier molecular flexibility index (Phi) is 4.56. The number of hydrogen-bond donors (Lipinski definition) is 2. The zero-order chi connectivity index (χ0) is 19.7. The Morgan fingerprint density at radius 2 is 1.86 bits per heavy atom. The van der Waals surface area contributed by atoms with Gasteiger partial charge in [0.05, 0.1) is 15.2 Å². The number of rotatable bonds is 5. The average Bonchev–Trinajstić information content (AvgIpc) is 3.21. The van der Waals surface area contributed by atoms with Gasteiger partial charge in [0, 0.05) is 12.8 Å². The second-order valence-electron chi connectivity index (χ2n) is 6.67. The van der Waals surface area contributed by atoms with E-state index in [2.05, 4.69) is 15.7 Å². The first-order valence-corrected chi connectivity index (χ1v) is 9.65. The van der Waals surface area contributed by atoms with E-state index in [-0.39, 0.29) is 6.42 Å². The van der Waals surface area contributed by atoms with E-state index in [0.717, 1.165) is 20.2 Å². The normalized spacial score (nSPS) is 19.1. The zero-order valence-electron chi connectivity index (χ0n) is 15.1. The van der Waals surface area contributed by atoms with Crippen LogP contribution in [0.3, 0.4) is 0 Å². The highest BCUT2D eigenvalue weighted by atomic mass is 32.1. The van der Waals surface area contributed by atoms with E-state index in [1.54, 1.807) is 31.2 Å². The van der Waals surface area contributed by atoms with Crippen LogP contribution in [0.4, 0.5) is 4.79 Å². The van der Waals surface area contributed by atoms with Crippen molar-refractivity contribution in [3.8, 4) is 0 Å². The Balaban J connectivity index is 1.41. The fourth-order valence-electron chi connectivity index (χ4n) is 3.14. The van der Waals surface area contributed by atoms with Crippen LogP contribution >= 0.6 is 11.3 Å². The number of imide groups is 1. The van der Waals surface area contributed by atoms with Gasteiger partial charge in [-0.2, -0.15) is 5.01 Å². The van der Waals surface area contributed by atoms with Gasteiger partial charge in [-0.1, -0.05) is 42.5 Å². The highest BCUT2D eigenvalue weighted by molar-refractivity contribution is 7.18. The second kappa shape index (κ2) is 7.05. The van der Waals surface area contributed by atoms with Crippen molar-refractivity contribution in [2.45, 2.75) is 25.3 Å². The minimum absolute atomic E-state index is 0.124. The number of aryl methyl sites for hydroxylation is 1. The summed E-state index contributed by atoms with van der Waals surface area (Å²) in [5.41, 5.74) is 2.76. The maximum atomic E-state index is 12.8. The number of hydrazine groups is 1. The molecule has 4 rings (SSSR count). The maximum Gasteiger partial charge on any atom is 0.344 e. The molecule has 0 aliphatic carbocycles. The van der Waals surface area contributed by atoms with Crippen molar-refractivity contribution >= 4 is 39.4 Å². The molecule has 28 heavy (non-hydrogen) atoms. The molecular formula is C20H18N4O3S. The van der Waals surface area contributed by atoms with Crippen LogP contribution in [0.1, 0.15) is 23.9 Å². The summed E-state index contributed by atoms with van der Waals surface area (Å²) < 4.78 is 1.06. The van der Waals surface area contributed by atoms with E-state index in [4.69, 9.17) is 0 Å². The summed E-state index contributed by atoms with van der Waals surface area (Å²) in [6.07, 6.45) is 0.559. The fraction of sp³-hybridized carbons (Fsp3) is 0.200. The van der Waals surface area contributed by atoms with Gasteiger partial charge in [-0.25, -0.2) is 9.78 Å². The number of thiazole rings is 1. The predicted molar refractivity (Wildman–Crippen MR) is 105 cm³/mol. The van der Waals surface area contributed by atoms with Gasteiger partial charge in [-0.05, 0) is 24.6 Å². The number of carbonyl (C=O) groups is 3. The van der Waals surface area contributed by atoms with Crippen LogP contribution in [0.25, 0.3) is 10.2 Å². The molecule has 0 spiro atoms. The lowest BCUT2D eigenvalue weighted by molar-refractivity contribution is -0.138. The molecule has 1 aliphatic rings. The van der Waals surface area contributed by atoms with Crippen LogP contribution in [0.15, 0.2) is 54.6 Å². The lowest BCUT2D eigenvalue weighted by Gasteiger charge is -2.22. The molecule has 8 heteroatoms. The first-order chi connectivity index (χ1) is 13.5. The minimum atomic E-state index is -1.21. The van der Waals surface area contributed by atoms with Gasteiger partial charge in [0.2, 0.25) is 5.91 Å². The van der Waals surface area contributed by atoms with Gasteiger partial charge in [0.25, 0.3) is 5.91 Å². The van der Waals surface area contributed by atoms with Gasteiger partial charge in [0.1, 0.15) is 5.54 Å². The number of carbonyl (C=O) groups excluding carboxylic acids is 3. The van der Waals surface area contributed by atoms with Crippen LogP contribution in [-0.4, -0.2) is 27.8 Å². The summed E-state index contributed by atoms with van der Waals surface area (Å²) in [5.74, 6) is -0.933. The van der Waals surface area contributed by atoms with E-state index < -0.39 is 23.4 Å². The summed E-state index contributed by atoms with van der Waals surface area (Å²) in [7, 11) is 0. The topological polar surface area (TPSA) is 91.4 Å². The van der Waals surface area contributed by atoms with E-state index in [1.165, 1.54) is 11.3 Å². The molecule has 0 saturated carbocycles. The van der Waals surface area contributed by atoms with Gasteiger partial charge >= 0.3 is 6.03 Å². The molecule has 7 nitrogen and oxygen atoms in total. The number of nitrogens with one attached hydrogen (secondary N) is 2. The molecule has 1 atom stereocenters. The van der Waals surface area contributed by atoms with E-state index in [0.29, 0.717) is 12.0 Å². The summed E-state index contributed by atoms with van der Waals surface area (Å²) in [4.78, 5) is 41.9. The number of fused-ring (bicyclic) bond motifs is 1. The van der Waals surface area contributed by atoms with Crippen LogP contribution < -0.4 is 10.7 Å². The summed E-state index contributed by atoms with van der Waals surface area (Å²) in [6, 6.07) is 16.0. The molecule has 1 aliphatic heterocycles. The third-order valence-electron chi connectivity index (χ3n) is 4.68. The number of hydrogen-bond acceptors (Lipinski definition) is 5. The van der Waals surface area contributed by atoms with Crippen molar-refractivity contribution in [2.24, 2.45) is 0 Å². The third-order valence-corrected chi connectivity index (χ3v) is 5.78. The van der Waals surface area contributed by atoms with Gasteiger partial charge in [-0.15, -0.1) is 11.3 Å². The largest absolute Gasteiger partial charge is 0.344 e. The molecule has 1 aromatic heterocycles. The van der Waals surface area contributed by atoms with Crippen molar-refractivity contribution in [1.82, 2.24) is 20.7 Å². The number of para-hydroxylation sites is 1. The Morgan fingerprint density at radius 1 is 1.14 bits per heavy atom. The molecule has 1 saturated heterocycles. The van der Waals surface area contributed by atoms with Crippen LogP contribution in [0, 0.1) is 0 Å². The number of amides is 4. The molecule has 2 N–H and O–H groups in total. The van der Waals surface area contributed by atoms with Crippen LogP contribution in [0.5, 0.6) is 0 Å². The lowest BCUT2D eigenvalue weighted by Crippen LogP contribution is -2.48. The smallest absolute Gasteiger partial charge is 0.318 e. The van der Waals surface area contributed by atoms with E-state index in [9.17, 15) is 14.4 Å². The quantitative estimate of drug-likeness (QED) is 0.651. The molecule has 1 fully saturated rings. The first kappa shape index (κ1) is 18.1. The SMILES string of the molecule is CC1(c2ccccc2)NC(=O)N(NC(=O)CCc2nc3ccccc3s2)C1=O. The van der Waals surface area contributed by atoms with Crippen LogP contribution in [-0.2, 0) is 21.5 Å². The Hall–Kier alpha value is -3.26. The zero-order valence-corrected chi connectivity index (χ0v) is 16.0. The molecule has 0 bridgehead atoms. The first-order valence-electron chi connectivity index (χ1n) is 8.83. The molecule has 0 radical (unpaired) electrons. The number of nitrogens with zero attached hydrogens (tertiary/aromatic N) is 2. The van der Waals surface area contributed by atoms with Crippen molar-refractivity contribution in [3.05, 3.63) is 65.2 Å². The summed E-state index contributed by atoms with van der Waals surface area (Å²) in [5, 5.41) is 4.25. The highest BCUT2D eigenvalue weighted by Gasteiger charge is 2.49. The molecule has 1 unspecified atom stereocenters. The minimum Gasteiger partial charge on any atom is -0.318 e. The predicted octanol–water partition coefficient (Wildman–Crippen LogP) is 2.73. The summed E-state index contributed by atoms with van der Waals surface area (Å²) in [6.45, 7) is 1.62. The van der Waals surface area contributed by atoms with E-state index >= 15 is 0 Å². The van der Waals surface area contributed by atoms with Crippen molar-refractivity contribution < 1.29 is 14.4 Å². The molecule has 4 amide bonds. The molecular weight excluding hydrogens is 376 g/mol. The number of benzene rings is 2. The standard InChI is InChI=1S/C20H18N4O3S/c1-20(13-7-3-2-4-8-13)18(26)24(19(27)22-20)23-16(25)11-12-17-21-14-9-5-6-10-15(14)28-17/h2-10H,11-12H2,1H3,(H,22,27)(H,23,25). The molecule has 2 heterocycles. The Labute approximate surface area is 165 Å². The monoisotopic (exact) mass is 394 g/mol. The number of urea groups is 1.